The quantitative estimate of drug-likeness (QED) is 0.730. The fraction of sp³-hybridized carbons (Fsp3) is 0.522. The van der Waals surface area contributed by atoms with Crippen LogP contribution in [0.2, 0.25) is 0 Å². The zero-order valence-electron chi connectivity index (χ0n) is 18.2. The van der Waals surface area contributed by atoms with Crippen LogP contribution in [0.4, 0.5) is 0 Å². The Kier molecular flexibility index (Phi) is 6.56. The standard InChI is InChI=1S/C23H30N4O4/c1-3-25-10-12-26(13-11-25)22(28)18-7-5-9-27(16-18)23(29)20-15-21(31-24-20)17-6-4-8-19(14-17)30-2/h4,6,8,14-15,18H,3,5,7,9-13,16H2,1-2H3/t18-/m0/s1. The Hall–Kier alpha value is -2.87. The minimum absolute atomic E-state index is 0.143. The topological polar surface area (TPSA) is 79.1 Å². The number of rotatable bonds is 5. The Morgan fingerprint density at radius 3 is 2.68 bits per heavy atom. The van der Waals surface area contributed by atoms with Crippen LogP contribution in [0.5, 0.6) is 5.75 Å². The van der Waals surface area contributed by atoms with Gasteiger partial charge in [0.2, 0.25) is 5.91 Å². The van der Waals surface area contributed by atoms with E-state index in [1.807, 2.05) is 29.2 Å². The molecule has 2 aliphatic rings. The van der Waals surface area contributed by atoms with Crippen molar-refractivity contribution in [3.63, 3.8) is 0 Å². The molecule has 0 N–H and O–H groups in total. The minimum atomic E-state index is -0.189. The minimum Gasteiger partial charge on any atom is -0.497 e. The van der Waals surface area contributed by atoms with Gasteiger partial charge in [0, 0.05) is 50.9 Å². The third-order valence-electron chi connectivity index (χ3n) is 6.27. The highest BCUT2D eigenvalue weighted by Crippen LogP contribution is 2.26. The van der Waals surface area contributed by atoms with Crippen molar-refractivity contribution in [3.05, 3.63) is 36.0 Å². The van der Waals surface area contributed by atoms with Crippen molar-refractivity contribution in [2.75, 3.05) is 52.9 Å². The zero-order valence-corrected chi connectivity index (χ0v) is 18.2. The van der Waals surface area contributed by atoms with Crippen LogP contribution < -0.4 is 4.74 Å². The fourth-order valence-corrected chi connectivity index (χ4v) is 4.36. The summed E-state index contributed by atoms with van der Waals surface area (Å²) in [6, 6.07) is 9.08. The number of ether oxygens (including phenoxy) is 1. The molecular weight excluding hydrogens is 396 g/mol. The van der Waals surface area contributed by atoms with E-state index in [0.29, 0.717) is 24.6 Å². The molecule has 2 fully saturated rings. The Morgan fingerprint density at radius 2 is 1.94 bits per heavy atom. The summed E-state index contributed by atoms with van der Waals surface area (Å²) in [7, 11) is 1.60. The molecule has 4 rings (SSSR count). The van der Waals surface area contributed by atoms with Crippen molar-refractivity contribution >= 4 is 11.8 Å². The number of carbonyl (C=O) groups excluding carboxylic acids is 2. The highest BCUT2D eigenvalue weighted by molar-refractivity contribution is 5.93. The Bertz CT molecular complexity index is 920. The number of piperidine rings is 1. The van der Waals surface area contributed by atoms with Crippen LogP contribution in [0.3, 0.4) is 0 Å². The molecule has 8 nitrogen and oxygen atoms in total. The van der Waals surface area contributed by atoms with Gasteiger partial charge in [0.05, 0.1) is 13.0 Å². The lowest BCUT2D eigenvalue weighted by Crippen LogP contribution is -2.53. The molecule has 0 bridgehead atoms. The van der Waals surface area contributed by atoms with Crippen LogP contribution in [0.25, 0.3) is 11.3 Å². The molecule has 31 heavy (non-hydrogen) atoms. The number of hydrogen-bond donors (Lipinski definition) is 0. The third kappa shape index (κ3) is 4.74. The molecular formula is C23H30N4O4. The van der Waals surface area contributed by atoms with Gasteiger partial charge in [-0.1, -0.05) is 24.2 Å². The molecule has 2 saturated heterocycles. The number of hydrogen-bond acceptors (Lipinski definition) is 6. The molecule has 0 spiro atoms. The van der Waals surface area contributed by atoms with Gasteiger partial charge in [-0.05, 0) is 31.5 Å². The molecule has 2 aliphatic heterocycles. The zero-order chi connectivity index (χ0) is 21.8. The summed E-state index contributed by atoms with van der Waals surface area (Å²) in [5.41, 5.74) is 1.06. The molecule has 3 heterocycles. The first-order valence-electron chi connectivity index (χ1n) is 11.0. The Labute approximate surface area is 182 Å². The summed E-state index contributed by atoms with van der Waals surface area (Å²) in [6.07, 6.45) is 1.64. The van der Waals surface area contributed by atoms with Gasteiger partial charge in [-0.15, -0.1) is 0 Å². The first kappa shape index (κ1) is 21.4. The van der Waals surface area contributed by atoms with Crippen molar-refractivity contribution in [3.8, 4) is 17.1 Å². The van der Waals surface area contributed by atoms with Crippen molar-refractivity contribution in [2.24, 2.45) is 5.92 Å². The van der Waals surface area contributed by atoms with E-state index in [-0.39, 0.29) is 23.4 Å². The van der Waals surface area contributed by atoms with Crippen molar-refractivity contribution in [2.45, 2.75) is 19.8 Å². The van der Waals surface area contributed by atoms with Gasteiger partial charge in [0.1, 0.15) is 5.75 Å². The van der Waals surface area contributed by atoms with E-state index in [4.69, 9.17) is 9.26 Å². The highest BCUT2D eigenvalue weighted by atomic mass is 16.5. The summed E-state index contributed by atoms with van der Waals surface area (Å²) in [5, 5.41) is 3.99. The van der Waals surface area contributed by atoms with Gasteiger partial charge >= 0.3 is 0 Å². The van der Waals surface area contributed by atoms with E-state index in [1.165, 1.54) is 0 Å². The monoisotopic (exact) mass is 426 g/mol. The molecule has 0 unspecified atom stereocenters. The number of piperazine rings is 1. The number of amides is 2. The molecule has 0 radical (unpaired) electrons. The van der Waals surface area contributed by atoms with Gasteiger partial charge in [0.25, 0.3) is 5.91 Å². The molecule has 1 aromatic carbocycles. The average molecular weight is 427 g/mol. The lowest BCUT2D eigenvalue weighted by Gasteiger charge is -2.38. The normalized spacial score (nSPS) is 20.0. The van der Waals surface area contributed by atoms with Gasteiger partial charge in [-0.25, -0.2) is 0 Å². The van der Waals surface area contributed by atoms with E-state index in [2.05, 4.69) is 17.0 Å². The van der Waals surface area contributed by atoms with Crippen LogP contribution in [0, 0.1) is 5.92 Å². The van der Waals surface area contributed by atoms with E-state index < -0.39 is 0 Å². The number of benzene rings is 1. The van der Waals surface area contributed by atoms with E-state index in [0.717, 1.165) is 51.1 Å². The highest BCUT2D eigenvalue weighted by Gasteiger charge is 2.33. The largest absolute Gasteiger partial charge is 0.497 e. The molecule has 8 heteroatoms. The second kappa shape index (κ2) is 9.51. The second-order valence-electron chi connectivity index (χ2n) is 8.16. The van der Waals surface area contributed by atoms with E-state index in [9.17, 15) is 9.59 Å². The van der Waals surface area contributed by atoms with Crippen LogP contribution in [0.15, 0.2) is 34.9 Å². The van der Waals surface area contributed by atoms with Crippen LogP contribution in [0.1, 0.15) is 30.3 Å². The number of methoxy groups -OCH3 is 1. The summed E-state index contributed by atoms with van der Waals surface area (Å²) >= 11 is 0. The van der Waals surface area contributed by atoms with Crippen molar-refractivity contribution in [1.29, 1.82) is 0 Å². The van der Waals surface area contributed by atoms with Crippen molar-refractivity contribution in [1.82, 2.24) is 19.9 Å². The summed E-state index contributed by atoms with van der Waals surface area (Å²) < 4.78 is 10.7. The van der Waals surface area contributed by atoms with Gasteiger partial charge < -0.3 is 24.0 Å². The number of carbonyl (C=O) groups is 2. The lowest BCUT2D eigenvalue weighted by molar-refractivity contribution is -0.138. The number of likely N-dealkylation sites (N-methyl/N-ethyl adjacent to an activating group) is 1. The van der Waals surface area contributed by atoms with Crippen LogP contribution in [-0.2, 0) is 4.79 Å². The third-order valence-corrected chi connectivity index (χ3v) is 6.27. The summed E-state index contributed by atoms with van der Waals surface area (Å²) in [5.74, 6) is 1.06. The predicted molar refractivity (Wildman–Crippen MR) is 116 cm³/mol. The van der Waals surface area contributed by atoms with E-state index in [1.54, 1.807) is 18.1 Å². The Morgan fingerprint density at radius 1 is 1.13 bits per heavy atom. The SMILES string of the molecule is CCN1CCN(C(=O)[C@H]2CCCN(C(=O)c3cc(-c4cccc(OC)c4)on3)C2)CC1. The summed E-state index contributed by atoms with van der Waals surface area (Å²) in [6.45, 7) is 7.61. The van der Waals surface area contributed by atoms with E-state index >= 15 is 0 Å². The maximum absolute atomic E-state index is 13.0. The Balaban J connectivity index is 1.40. The maximum atomic E-state index is 13.0. The molecule has 1 aromatic heterocycles. The molecule has 0 aliphatic carbocycles. The molecule has 1 atom stereocenters. The predicted octanol–water partition coefficient (Wildman–Crippen LogP) is 2.37. The van der Waals surface area contributed by atoms with Crippen LogP contribution in [-0.4, -0.2) is 84.6 Å². The number of nitrogens with zero attached hydrogens (tertiary/aromatic N) is 4. The molecule has 2 amide bonds. The first-order valence-corrected chi connectivity index (χ1v) is 11.0. The van der Waals surface area contributed by atoms with Gasteiger partial charge in [0.15, 0.2) is 11.5 Å². The second-order valence-corrected chi connectivity index (χ2v) is 8.16. The molecule has 166 valence electrons. The first-order chi connectivity index (χ1) is 15.1. The molecule has 2 aromatic rings. The molecule has 0 saturated carbocycles. The lowest BCUT2D eigenvalue weighted by atomic mass is 9.96. The number of likely N-dealkylation sites (tertiary alicyclic amines) is 1. The van der Waals surface area contributed by atoms with Gasteiger partial charge in [-0.3, -0.25) is 9.59 Å². The van der Waals surface area contributed by atoms with Crippen molar-refractivity contribution < 1.29 is 18.8 Å². The fourth-order valence-electron chi connectivity index (χ4n) is 4.36. The smallest absolute Gasteiger partial charge is 0.276 e. The van der Waals surface area contributed by atoms with Crippen LogP contribution >= 0.6 is 0 Å². The average Bonchev–Trinajstić information content (AvgIpc) is 3.33. The number of aromatic nitrogens is 1. The summed E-state index contributed by atoms with van der Waals surface area (Å²) in [4.78, 5) is 32.1. The van der Waals surface area contributed by atoms with Gasteiger partial charge in [-0.2, -0.15) is 0 Å². The maximum Gasteiger partial charge on any atom is 0.276 e.